The molecule has 0 aromatic heterocycles. The van der Waals surface area contributed by atoms with Gasteiger partial charge >= 0.3 is 0 Å². The highest BCUT2D eigenvalue weighted by Gasteiger charge is 2.15. The number of carbonyl (C=O) groups is 1. The molecule has 9 heavy (non-hydrogen) atoms. The molecule has 0 atom stereocenters. The van der Waals surface area contributed by atoms with Gasteiger partial charge in [0.15, 0.2) is 0 Å². The summed E-state index contributed by atoms with van der Waals surface area (Å²) in [5.74, 6) is 0.212. The van der Waals surface area contributed by atoms with Crippen molar-refractivity contribution in [1.82, 2.24) is 4.90 Å². The Balaban J connectivity index is 2.39. The van der Waals surface area contributed by atoms with Crippen molar-refractivity contribution >= 4 is 5.91 Å². The molecule has 0 spiro atoms. The predicted octanol–water partition coefficient (Wildman–Crippen LogP) is 0.833. The standard InChI is InChI=1S/C7H12NO/c1-2-8-6-4-3-5-7(8)9/h5H,2-4,6H2,1H3. The fourth-order valence-electron chi connectivity index (χ4n) is 1.06. The molecule has 0 N–H and O–H groups in total. The Hall–Kier alpha value is -0.530. The molecule has 0 bridgehead atoms. The molecule has 51 valence electrons. The minimum atomic E-state index is 0.212. The molecule has 2 heteroatoms. The van der Waals surface area contributed by atoms with Gasteiger partial charge in [0.25, 0.3) is 0 Å². The van der Waals surface area contributed by atoms with Crippen molar-refractivity contribution in [3.05, 3.63) is 6.42 Å². The number of nitrogens with zero attached hydrogens (tertiary/aromatic N) is 1. The lowest BCUT2D eigenvalue weighted by atomic mass is 10.1. The smallest absolute Gasteiger partial charge is 0.226 e. The third-order valence-electron chi connectivity index (χ3n) is 1.64. The van der Waals surface area contributed by atoms with Gasteiger partial charge in [0.1, 0.15) is 0 Å². The number of hydrogen-bond donors (Lipinski definition) is 0. The minimum Gasteiger partial charge on any atom is -0.343 e. The van der Waals surface area contributed by atoms with Gasteiger partial charge in [-0.15, -0.1) is 0 Å². The molecule has 0 unspecified atom stereocenters. The molecule has 1 saturated heterocycles. The summed E-state index contributed by atoms with van der Waals surface area (Å²) >= 11 is 0. The molecule has 1 radical (unpaired) electrons. The minimum absolute atomic E-state index is 0.212. The summed E-state index contributed by atoms with van der Waals surface area (Å²) in [7, 11) is 0. The van der Waals surface area contributed by atoms with Gasteiger partial charge in [-0.2, -0.15) is 0 Å². The van der Waals surface area contributed by atoms with Gasteiger partial charge in [-0.25, -0.2) is 0 Å². The van der Waals surface area contributed by atoms with E-state index >= 15 is 0 Å². The van der Waals surface area contributed by atoms with Crippen LogP contribution in [0.2, 0.25) is 0 Å². The van der Waals surface area contributed by atoms with Crippen LogP contribution in [0.5, 0.6) is 0 Å². The molecule has 1 aliphatic rings. The summed E-state index contributed by atoms with van der Waals surface area (Å²) < 4.78 is 0. The maximum atomic E-state index is 10.9. The van der Waals surface area contributed by atoms with Crippen molar-refractivity contribution in [2.24, 2.45) is 0 Å². The van der Waals surface area contributed by atoms with Crippen LogP contribution < -0.4 is 0 Å². The Labute approximate surface area is 55.8 Å². The van der Waals surface area contributed by atoms with Crippen LogP contribution in [0.4, 0.5) is 0 Å². The van der Waals surface area contributed by atoms with Crippen LogP contribution in [0.25, 0.3) is 0 Å². The Morgan fingerprint density at radius 2 is 2.56 bits per heavy atom. The Morgan fingerprint density at radius 1 is 1.78 bits per heavy atom. The number of hydrogen-bond acceptors (Lipinski definition) is 1. The van der Waals surface area contributed by atoms with E-state index in [-0.39, 0.29) is 5.91 Å². The van der Waals surface area contributed by atoms with Crippen LogP contribution in [0.1, 0.15) is 19.8 Å². The van der Waals surface area contributed by atoms with E-state index in [1.165, 1.54) is 0 Å². The molecule has 1 heterocycles. The predicted molar refractivity (Wildman–Crippen MR) is 35.8 cm³/mol. The van der Waals surface area contributed by atoms with Crippen molar-refractivity contribution in [1.29, 1.82) is 0 Å². The molecular formula is C7H12NO. The van der Waals surface area contributed by atoms with Gasteiger partial charge in [0.2, 0.25) is 5.91 Å². The van der Waals surface area contributed by atoms with Crippen molar-refractivity contribution in [3.63, 3.8) is 0 Å². The molecule has 1 rings (SSSR count). The van der Waals surface area contributed by atoms with Gasteiger partial charge in [0, 0.05) is 19.5 Å². The quantitative estimate of drug-likeness (QED) is 0.509. The average molecular weight is 126 g/mol. The van der Waals surface area contributed by atoms with E-state index in [0.29, 0.717) is 0 Å². The summed E-state index contributed by atoms with van der Waals surface area (Å²) in [6, 6.07) is 0. The Morgan fingerprint density at radius 3 is 3.00 bits per heavy atom. The molecule has 2 nitrogen and oxygen atoms in total. The van der Waals surface area contributed by atoms with Crippen molar-refractivity contribution in [2.45, 2.75) is 19.8 Å². The Bertz CT molecular complexity index is 111. The zero-order valence-corrected chi connectivity index (χ0v) is 5.76. The van der Waals surface area contributed by atoms with Crippen LogP contribution >= 0.6 is 0 Å². The lowest BCUT2D eigenvalue weighted by Gasteiger charge is -2.24. The summed E-state index contributed by atoms with van der Waals surface area (Å²) in [5.41, 5.74) is 0. The largest absolute Gasteiger partial charge is 0.343 e. The van der Waals surface area contributed by atoms with Crippen molar-refractivity contribution in [3.8, 4) is 0 Å². The van der Waals surface area contributed by atoms with E-state index < -0.39 is 0 Å². The first-order chi connectivity index (χ1) is 4.34. The zero-order chi connectivity index (χ0) is 6.69. The van der Waals surface area contributed by atoms with Gasteiger partial charge < -0.3 is 4.90 Å². The van der Waals surface area contributed by atoms with Crippen LogP contribution in [0.15, 0.2) is 0 Å². The van der Waals surface area contributed by atoms with Crippen LogP contribution in [0.3, 0.4) is 0 Å². The SMILES string of the molecule is CCN1CCC[CH]C1=O. The first kappa shape index (κ1) is 6.59. The second kappa shape index (κ2) is 2.85. The van der Waals surface area contributed by atoms with E-state index in [9.17, 15) is 4.79 Å². The first-order valence-electron chi connectivity index (χ1n) is 3.46. The molecule has 0 saturated carbocycles. The van der Waals surface area contributed by atoms with Crippen LogP contribution in [-0.2, 0) is 4.79 Å². The monoisotopic (exact) mass is 126 g/mol. The topological polar surface area (TPSA) is 20.3 Å². The summed E-state index contributed by atoms with van der Waals surface area (Å²) in [5, 5.41) is 0. The van der Waals surface area contributed by atoms with Gasteiger partial charge in [-0.05, 0) is 19.8 Å². The fraction of sp³-hybridized carbons (Fsp3) is 0.714. The number of amides is 1. The number of carbonyl (C=O) groups excluding carboxylic acids is 1. The van der Waals surface area contributed by atoms with Crippen LogP contribution in [0, 0.1) is 6.42 Å². The summed E-state index contributed by atoms with van der Waals surface area (Å²) in [6.07, 6.45) is 3.88. The van der Waals surface area contributed by atoms with Gasteiger partial charge in [0.05, 0.1) is 0 Å². The first-order valence-corrected chi connectivity index (χ1v) is 3.46. The van der Waals surface area contributed by atoms with E-state index in [4.69, 9.17) is 0 Å². The third-order valence-corrected chi connectivity index (χ3v) is 1.64. The normalized spacial score (nSPS) is 20.6. The molecular weight excluding hydrogens is 114 g/mol. The maximum absolute atomic E-state index is 10.9. The average Bonchev–Trinajstić information content (AvgIpc) is 1.89. The molecule has 1 fully saturated rings. The lowest BCUT2D eigenvalue weighted by Crippen LogP contribution is -2.35. The molecule has 0 aliphatic carbocycles. The van der Waals surface area contributed by atoms with E-state index in [2.05, 4.69) is 0 Å². The van der Waals surface area contributed by atoms with Gasteiger partial charge in [-0.1, -0.05) is 0 Å². The molecule has 1 amide bonds. The van der Waals surface area contributed by atoms with E-state index in [1.54, 1.807) is 6.42 Å². The highest BCUT2D eigenvalue weighted by molar-refractivity contribution is 5.85. The summed E-state index contributed by atoms with van der Waals surface area (Å²) in [6.45, 7) is 3.82. The maximum Gasteiger partial charge on any atom is 0.226 e. The third kappa shape index (κ3) is 1.44. The second-order valence-corrected chi connectivity index (χ2v) is 2.26. The van der Waals surface area contributed by atoms with Crippen molar-refractivity contribution < 1.29 is 4.79 Å². The zero-order valence-electron chi connectivity index (χ0n) is 5.76. The fourth-order valence-corrected chi connectivity index (χ4v) is 1.06. The molecule has 0 aromatic carbocycles. The highest BCUT2D eigenvalue weighted by Crippen LogP contribution is 2.07. The van der Waals surface area contributed by atoms with E-state index in [0.717, 1.165) is 25.9 Å². The van der Waals surface area contributed by atoms with Crippen molar-refractivity contribution in [2.75, 3.05) is 13.1 Å². The second-order valence-electron chi connectivity index (χ2n) is 2.26. The molecule has 0 aromatic rings. The lowest BCUT2D eigenvalue weighted by molar-refractivity contribution is -0.128. The highest BCUT2D eigenvalue weighted by atomic mass is 16.2. The van der Waals surface area contributed by atoms with Crippen LogP contribution in [-0.4, -0.2) is 23.9 Å². The molecule has 1 aliphatic heterocycles. The Kier molecular flexibility index (Phi) is 2.09. The number of rotatable bonds is 1. The summed E-state index contributed by atoms with van der Waals surface area (Å²) in [4.78, 5) is 12.8. The van der Waals surface area contributed by atoms with Gasteiger partial charge in [-0.3, -0.25) is 4.79 Å². The number of piperidine rings is 1. The van der Waals surface area contributed by atoms with E-state index in [1.807, 2.05) is 11.8 Å². The number of likely N-dealkylation sites (tertiary alicyclic amines) is 1.